The molecule has 1 aliphatic carbocycles. The summed E-state index contributed by atoms with van der Waals surface area (Å²) in [5.74, 6) is 0. The first-order valence-corrected chi connectivity index (χ1v) is 5.38. The SMILES string of the molecule is C1=CCCC1.C=CS(=O)(=O)C=C. The number of hydrogen-bond donors (Lipinski definition) is 0. The van der Waals surface area contributed by atoms with Crippen molar-refractivity contribution in [3.05, 3.63) is 36.1 Å². The minimum atomic E-state index is -3.13. The van der Waals surface area contributed by atoms with E-state index < -0.39 is 9.84 Å². The second-order valence-electron chi connectivity index (χ2n) is 2.32. The van der Waals surface area contributed by atoms with E-state index in [-0.39, 0.29) is 0 Å². The Kier molecular flexibility index (Phi) is 5.37. The molecule has 0 aromatic heterocycles. The lowest BCUT2D eigenvalue weighted by Crippen LogP contribution is -1.83. The number of rotatable bonds is 2. The minimum absolute atomic E-state index is 0.847. The van der Waals surface area contributed by atoms with Crippen molar-refractivity contribution in [3.8, 4) is 0 Å². The van der Waals surface area contributed by atoms with Gasteiger partial charge in [-0.25, -0.2) is 8.42 Å². The molecule has 0 saturated carbocycles. The van der Waals surface area contributed by atoms with Crippen LogP contribution in [0, 0.1) is 0 Å². The van der Waals surface area contributed by atoms with Crippen LogP contribution >= 0.6 is 0 Å². The van der Waals surface area contributed by atoms with Gasteiger partial charge >= 0.3 is 0 Å². The lowest BCUT2D eigenvalue weighted by Gasteiger charge is -1.78. The smallest absolute Gasteiger partial charge is 0.191 e. The summed E-state index contributed by atoms with van der Waals surface area (Å²) in [7, 11) is -3.13. The summed E-state index contributed by atoms with van der Waals surface area (Å²) in [6.45, 7) is 6.09. The van der Waals surface area contributed by atoms with E-state index in [0.717, 1.165) is 10.8 Å². The first kappa shape index (κ1) is 11.2. The highest BCUT2D eigenvalue weighted by Gasteiger charge is 1.90. The Morgan fingerprint density at radius 2 is 1.50 bits per heavy atom. The summed E-state index contributed by atoms with van der Waals surface area (Å²) >= 11 is 0. The van der Waals surface area contributed by atoms with Gasteiger partial charge in [-0.3, -0.25) is 0 Å². The summed E-state index contributed by atoms with van der Waals surface area (Å²) in [6.07, 6.45) is 8.50. The predicted molar refractivity (Wildman–Crippen MR) is 52.3 cm³/mol. The lowest BCUT2D eigenvalue weighted by atomic mass is 10.4. The Morgan fingerprint density at radius 3 is 1.58 bits per heavy atom. The average Bonchev–Trinajstić information content (AvgIpc) is 2.62. The van der Waals surface area contributed by atoms with Gasteiger partial charge in [0.05, 0.1) is 0 Å². The van der Waals surface area contributed by atoms with Crippen LogP contribution in [0.3, 0.4) is 0 Å². The molecule has 0 fully saturated rings. The van der Waals surface area contributed by atoms with Crippen molar-refractivity contribution in [2.24, 2.45) is 0 Å². The van der Waals surface area contributed by atoms with Gasteiger partial charge in [0, 0.05) is 10.8 Å². The standard InChI is InChI=1S/C5H8.C4H6O2S/c1-2-4-5-3-1;1-3-7(5,6)4-2/h1-2H,3-5H2;3-4H,1-2H2. The fraction of sp³-hybridized carbons (Fsp3) is 0.333. The maximum atomic E-state index is 10.1. The van der Waals surface area contributed by atoms with Gasteiger partial charge in [0.2, 0.25) is 0 Å². The lowest BCUT2D eigenvalue weighted by molar-refractivity contribution is 0.613. The van der Waals surface area contributed by atoms with E-state index >= 15 is 0 Å². The third-order valence-electron chi connectivity index (χ3n) is 1.37. The molecule has 0 aromatic rings. The van der Waals surface area contributed by atoms with Crippen LogP contribution in [-0.4, -0.2) is 8.42 Å². The summed E-state index contributed by atoms with van der Waals surface area (Å²) < 4.78 is 20.3. The Labute approximate surface area is 74.2 Å². The van der Waals surface area contributed by atoms with Gasteiger partial charge in [-0.15, -0.1) is 0 Å². The van der Waals surface area contributed by atoms with Crippen LogP contribution in [0.2, 0.25) is 0 Å². The third kappa shape index (κ3) is 5.92. The van der Waals surface area contributed by atoms with E-state index in [0.29, 0.717) is 0 Å². The fourth-order valence-electron chi connectivity index (χ4n) is 0.657. The summed E-state index contributed by atoms with van der Waals surface area (Å²) in [4.78, 5) is 0. The Bertz CT molecular complexity index is 240. The average molecular weight is 186 g/mol. The van der Waals surface area contributed by atoms with Gasteiger partial charge in [-0.05, 0) is 19.3 Å². The Balaban J connectivity index is 0.000000211. The first-order chi connectivity index (χ1) is 5.62. The molecule has 68 valence electrons. The van der Waals surface area contributed by atoms with Gasteiger partial charge in [0.25, 0.3) is 0 Å². The third-order valence-corrected chi connectivity index (χ3v) is 2.30. The van der Waals surface area contributed by atoms with E-state index in [1.54, 1.807) is 0 Å². The van der Waals surface area contributed by atoms with E-state index in [1.165, 1.54) is 19.3 Å². The molecule has 0 amide bonds. The molecule has 0 spiro atoms. The molecule has 0 N–H and O–H groups in total. The van der Waals surface area contributed by atoms with Crippen molar-refractivity contribution in [2.45, 2.75) is 19.3 Å². The molecule has 1 aliphatic rings. The predicted octanol–water partition coefficient (Wildman–Crippen LogP) is 2.41. The topological polar surface area (TPSA) is 34.1 Å². The molecule has 0 unspecified atom stereocenters. The van der Waals surface area contributed by atoms with Gasteiger partial charge in [-0.1, -0.05) is 25.3 Å². The largest absolute Gasteiger partial charge is 0.220 e. The summed E-state index contributed by atoms with van der Waals surface area (Å²) in [5.41, 5.74) is 0. The maximum absolute atomic E-state index is 10.1. The molecule has 0 heterocycles. The van der Waals surface area contributed by atoms with Crippen molar-refractivity contribution in [1.82, 2.24) is 0 Å². The van der Waals surface area contributed by atoms with Crippen LogP contribution in [0.15, 0.2) is 36.1 Å². The molecular formula is C9H14O2S. The van der Waals surface area contributed by atoms with Crippen molar-refractivity contribution < 1.29 is 8.42 Å². The van der Waals surface area contributed by atoms with E-state index in [2.05, 4.69) is 25.3 Å². The van der Waals surface area contributed by atoms with E-state index in [4.69, 9.17) is 0 Å². The molecule has 12 heavy (non-hydrogen) atoms. The molecule has 2 nitrogen and oxygen atoms in total. The molecule has 0 aromatic carbocycles. The molecule has 0 atom stereocenters. The van der Waals surface area contributed by atoms with Crippen LogP contribution in [-0.2, 0) is 9.84 Å². The van der Waals surface area contributed by atoms with Crippen LogP contribution < -0.4 is 0 Å². The van der Waals surface area contributed by atoms with E-state index in [9.17, 15) is 8.42 Å². The second-order valence-corrected chi connectivity index (χ2v) is 4.17. The molecule has 0 saturated heterocycles. The van der Waals surface area contributed by atoms with Crippen LogP contribution in [0.1, 0.15) is 19.3 Å². The minimum Gasteiger partial charge on any atom is -0.220 e. The highest BCUT2D eigenvalue weighted by atomic mass is 32.2. The van der Waals surface area contributed by atoms with Gasteiger partial charge in [-0.2, -0.15) is 0 Å². The van der Waals surface area contributed by atoms with Crippen LogP contribution in [0.25, 0.3) is 0 Å². The fourth-order valence-corrected chi connectivity index (χ4v) is 0.793. The molecule has 1 rings (SSSR count). The van der Waals surface area contributed by atoms with Crippen molar-refractivity contribution in [2.75, 3.05) is 0 Å². The monoisotopic (exact) mass is 186 g/mol. The van der Waals surface area contributed by atoms with Crippen LogP contribution in [0.5, 0.6) is 0 Å². The van der Waals surface area contributed by atoms with E-state index in [1.807, 2.05) is 0 Å². The Hall–Kier alpha value is -0.830. The quantitative estimate of drug-likeness (QED) is 0.621. The van der Waals surface area contributed by atoms with Crippen LogP contribution in [0.4, 0.5) is 0 Å². The molecule has 0 bridgehead atoms. The second kappa shape index (κ2) is 5.77. The molecule has 0 aliphatic heterocycles. The van der Waals surface area contributed by atoms with Crippen molar-refractivity contribution in [3.63, 3.8) is 0 Å². The number of allylic oxidation sites excluding steroid dienone is 2. The summed E-state index contributed by atoms with van der Waals surface area (Å²) in [5, 5.41) is 1.69. The molecule has 3 heteroatoms. The maximum Gasteiger partial charge on any atom is 0.191 e. The molecule has 0 radical (unpaired) electrons. The zero-order chi connectivity index (χ0) is 9.45. The molecular weight excluding hydrogens is 172 g/mol. The zero-order valence-electron chi connectivity index (χ0n) is 7.07. The van der Waals surface area contributed by atoms with Gasteiger partial charge < -0.3 is 0 Å². The van der Waals surface area contributed by atoms with Crippen molar-refractivity contribution in [1.29, 1.82) is 0 Å². The normalized spacial score (nSPS) is 14.7. The highest BCUT2D eigenvalue weighted by Crippen LogP contribution is 2.05. The highest BCUT2D eigenvalue weighted by molar-refractivity contribution is 7.97. The first-order valence-electron chi connectivity index (χ1n) is 3.77. The van der Waals surface area contributed by atoms with Gasteiger partial charge in [0.1, 0.15) is 0 Å². The summed E-state index contributed by atoms with van der Waals surface area (Å²) in [6, 6.07) is 0. The zero-order valence-corrected chi connectivity index (χ0v) is 7.89. The number of hydrogen-bond acceptors (Lipinski definition) is 2. The van der Waals surface area contributed by atoms with Gasteiger partial charge in [0.15, 0.2) is 9.84 Å². The number of sulfone groups is 1. The Morgan fingerprint density at radius 1 is 1.08 bits per heavy atom. The van der Waals surface area contributed by atoms with Crippen molar-refractivity contribution >= 4 is 9.84 Å².